The van der Waals surface area contributed by atoms with E-state index in [1.165, 1.54) is 0 Å². The van der Waals surface area contributed by atoms with Crippen LogP contribution in [0.2, 0.25) is 0 Å². The van der Waals surface area contributed by atoms with Gasteiger partial charge in [-0.2, -0.15) is 0 Å². The molecule has 1 aliphatic carbocycles. The van der Waals surface area contributed by atoms with Gasteiger partial charge >= 0.3 is 0 Å². The van der Waals surface area contributed by atoms with Crippen LogP contribution < -0.4 is 10.1 Å². The highest BCUT2D eigenvalue weighted by molar-refractivity contribution is 6.05. The second-order valence-corrected chi connectivity index (χ2v) is 8.64. The maximum Gasteiger partial charge on any atom is 0.255 e. The van der Waals surface area contributed by atoms with Gasteiger partial charge in [0.1, 0.15) is 17.9 Å². The highest BCUT2D eigenvalue weighted by atomic mass is 16.5. The molecule has 1 unspecified atom stereocenters. The first-order valence-electron chi connectivity index (χ1n) is 11.2. The lowest BCUT2D eigenvalue weighted by molar-refractivity contribution is -0.136. The number of ether oxygens (including phenoxy) is 2. The first-order chi connectivity index (χ1) is 15.6. The zero-order valence-electron chi connectivity index (χ0n) is 17.8. The van der Waals surface area contributed by atoms with Crippen LogP contribution in [0.3, 0.4) is 0 Å². The molecule has 0 bridgehead atoms. The van der Waals surface area contributed by atoms with Crippen molar-refractivity contribution in [1.29, 1.82) is 0 Å². The van der Waals surface area contributed by atoms with Gasteiger partial charge in [-0.25, -0.2) is 0 Å². The third-order valence-electron chi connectivity index (χ3n) is 6.48. The number of fused-ring (bicyclic) bond motifs is 1. The molecule has 2 fully saturated rings. The van der Waals surface area contributed by atoms with Crippen molar-refractivity contribution in [3.8, 4) is 5.75 Å². The Bertz CT molecular complexity index is 1040. The Morgan fingerprint density at radius 2 is 1.78 bits per heavy atom. The van der Waals surface area contributed by atoms with Gasteiger partial charge < -0.3 is 14.4 Å². The Labute approximate surface area is 186 Å². The summed E-state index contributed by atoms with van der Waals surface area (Å²) in [5.74, 6) is -0.150. The molecule has 0 radical (unpaired) electrons. The molecular formula is C25H26N2O5. The van der Waals surface area contributed by atoms with Crippen LogP contribution in [-0.4, -0.2) is 40.9 Å². The van der Waals surface area contributed by atoms with E-state index in [0.29, 0.717) is 30.9 Å². The van der Waals surface area contributed by atoms with Crippen molar-refractivity contribution in [3.63, 3.8) is 0 Å². The van der Waals surface area contributed by atoms with Gasteiger partial charge in [-0.05, 0) is 55.0 Å². The van der Waals surface area contributed by atoms with Gasteiger partial charge in [-0.3, -0.25) is 19.7 Å². The molecule has 2 heterocycles. The summed E-state index contributed by atoms with van der Waals surface area (Å²) in [6.45, 7) is 0.904. The van der Waals surface area contributed by atoms with Gasteiger partial charge in [-0.15, -0.1) is 0 Å². The van der Waals surface area contributed by atoms with Gasteiger partial charge in [0, 0.05) is 18.5 Å². The van der Waals surface area contributed by atoms with Crippen molar-refractivity contribution in [1.82, 2.24) is 10.2 Å². The average Bonchev–Trinajstić information content (AvgIpc) is 3.37. The summed E-state index contributed by atoms with van der Waals surface area (Å²) in [5.41, 5.74) is 2.57. The van der Waals surface area contributed by atoms with Crippen molar-refractivity contribution in [2.75, 3.05) is 0 Å². The largest absolute Gasteiger partial charge is 0.488 e. The van der Waals surface area contributed by atoms with E-state index in [9.17, 15) is 14.4 Å². The van der Waals surface area contributed by atoms with Crippen LogP contribution in [0.25, 0.3) is 0 Å². The minimum absolute atomic E-state index is 0.0277. The highest BCUT2D eigenvalue weighted by Crippen LogP contribution is 2.33. The van der Waals surface area contributed by atoms with Gasteiger partial charge in [0.15, 0.2) is 0 Å². The molecule has 1 N–H and O–H groups in total. The number of nitrogens with one attached hydrogen (secondary N) is 1. The molecule has 1 saturated heterocycles. The van der Waals surface area contributed by atoms with Crippen LogP contribution in [0, 0.1) is 0 Å². The predicted molar refractivity (Wildman–Crippen MR) is 116 cm³/mol. The Morgan fingerprint density at radius 3 is 2.59 bits per heavy atom. The number of benzene rings is 2. The fourth-order valence-corrected chi connectivity index (χ4v) is 4.79. The molecule has 3 aliphatic rings. The van der Waals surface area contributed by atoms with E-state index in [0.717, 1.165) is 30.4 Å². The number of imide groups is 1. The molecule has 0 aromatic heterocycles. The monoisotopic (exact) mass is 434 g/mol. The fraction of sp³-hybridized carbons (Fsp3) is 0.400. The molecule has 32 heavy (non-hydrogen) atoms. The zero-order chi connectivity index (χ0) is 22.1. The number of piperidine rings is 1. The predicted octanol–water partition coefficient (Wildman–Crippen LogP) is 2.96. The van der Waals surface area contributed by atoms with Crippen LogP contribution in [0.15, 0.2) is 48.5 Å². The van der Waals surface area contributed by atoms with Crippen LogP contribution >= 0.6 is 0 Å². The van der Waals surface area contributed by atoms with E-state index in [2.05, 4.69) is 17.4 Å². The van der Waals surface area contributed by atoms with Crippen molar-refractivity contribution in [2.45, 2.75) is 63.5 Å². The third kappa shape index (κ3) is 4.12. The summed E-state index contributed by atoms with van der Waals surface area (Å²) in [6, 6.07) is 15.0. The molecule has 3 amide bonds. The number of carbonyl (C=O) groups excluding carboxylic acids is 3. The summed E-state index contributed by atoms with van der Waals surface area (Å²) < 4.78 is 12.4. The first-order valence-corrected chi connectivity index (χ1v) is 11.2. The molecule has 2 aliphatic heterocycles. The maximum absolute atomic E-state index is 12.9. The molecular weight excluding hydrogens is 408 g/mol. The van der Waals surface area contributed by atoms with Crippen molar-refractivity contribution in [2.24, 2.45) is 0 Å². The Balaban J connectivity index is 1.24. The second kappa shape index (κ2) is 8.74. The summed E-state index contributed by atoms with van der Waals surface area (Å²) in [5, 5.41) is 2.33. The Kier molecular flexibility index (Phi) is 5.66. The molecule has 7 heteroatoms. The van der Waals surface area contributed by atoms with Gasteiger partial charge in [-0.1, -0.05) is 30.3 Å². The normalized spacial score (nSPS) is 25.1. The number of hydrogen-bond donors (Lipinski definition) is 1. The van der Waals surface area contributed by atoms with Crippen LogP contribution in [0.4, 0.5) is 0 Å². The molecule has 1 saturated carbocycles. The summed E-state index contributed by atoms with van der Waals surface area (Å²) >= 11 is 0. The fourth-order valence-electron chi connectivity index (χ4n) is 4.79. The molecule has 0 spiro atoms. The molecule has 5 rings (SSSR count). The standard InChI is InChI=1S/C25H26N2O5/c28-23-12-11-20(24(29)26-23)27-14-17-13-18(9-10-19(17)25(27)30)32-22-8-4-7-21(22)31-15-16-5-2-1-3-6-16/h1-3,5-6,9-10,13,20-22H,4,7-8,11-12,14-15H2,(H,26,28,29)/t20?,21-,22-/m1/s1. The number of nitrogens with zero attached hydrogens (tertiary/aromatic N) is 1. The third-order valence-corrected chi connectivity index (χ3v) is 6.48. The first kappa shape index (κ1) is 20.7. The number of hydrogen-bond acceptors (Lipinski definition) is 5. The van der Waals surface area contributed by atoms with E-state index < -0.39 is 11.9 Å². The lowest BCUT2D eigenvalue weighted by Crippen LogP contribution is -2.52. The van der Waals surface area contributed by atoms with Gasteiger partial charge in [0.2, 0.25) is 11.8 Å². The van der Waals surface area contributed by atoms with Crippen molar-refractivity contribution in [3.05, 3.63) is 65.2 Å². The topological polar surface area (TPSA) is 84.9 Å². The lowest BCUT2D eigenvalue weighted by atomic mass is 10.0. The van der Waals surface area contributed by atoms with Crippen LogP contribution in [-0.2, 0) is 27.5 Å². The van der Waals surface area contributed by atoms with Gasteiger partial charge in [0.25, 0.3) is 5.91 Å². The van der Waals surface area contributed by atoms with E-state index in [1.54, 1.807) is 11.0 Å². The highest BCUT2D eigenvalue weighted by Gasteiger charge is 2.39. The van der Waals surface area contributed by atoms with E-state index in [-0.39, 0.29) is 30.4 Å². The van der Waals surface area contributed by atoms with E-state index in [4.69, 9.17) is 9.47 Å². The maximum atomic E-state index is 12.9. The summed E-state index contributed by atoms with van der Waals surface area (Å²) in [6.07, 6.45) is 3.55. The SMILES string of the molecule is O=C1CCC(N2Cc3cc(O[C@@H]4CCC[C@H]4OCc4ccccc4)ccc3C2=O)C(=O)N1. The number of carbonyl (C=O) groups is 3. The van der Waals surface area contributed by atoms with Gasteiger partial charge in [0.05, 0.1) is 12.7 Å². The minimum Gasteiger partial charge on any atom is -0.488 e. The number of amides is 3. The van der Waals surface area contributed by atoms with E-state index in [1.807, 2.05) is 30.3 Å². The quantitative estimate of drug-likeness (QED) is 0.707. The molecule has 166 valence electrons. The summed E-state index contributed by atoms with van der Waals surface area (Å²) in [4.78, 5) is 38.1. The molecule has 7 nitrogen and oxygen atoms in total. The lowest BCUT2D eigenvalue weighted by Gasteiger charge is -2.29. The van der Waals surface area contributed by atoms with Crippen LogP contribution in [0.1, 0.15) is 53.6 Å². The second-order valence-electron chi connectivity index (χ2n) is 8.64. The van der Waals surface area contributed by atoms with E-state index >= 15 is 0 Å². The average molecular weight is 434 g/mol. The Hall–Kier alpha value is -3.19. The Morgan fingerprint density at radius 1 is 0.969 bits per heavy atom. The van der Waals surface area contributed by atoms with Crippen molar-refractivity contribution < 1.29 is 23.9 Å². The smallest absolute Gasteiger partial charge is 0.255 e. The molecule has 2 aromatic carbocycles. The van der Waals surface area contributed by atoms with Crippen molar-refractivity contribution >= 4 is 17.7 Å². The molecule has 3 atom stereocenters. The zero-order valence-corrected chi connectivity index (χ0v) is 17.8. The summed E-state index contributed by atoms with van der Waals surface area (Å²) in [7, 11) is 0. The minimum atomic E-state index is -0.609. The van der Waals surface area contributed by atoms with Crippen LogP contribution in [0.5, 0.6) is 5.75 Å². The molecule has 2 aromatic rings. The number of rotatable bonds is 6.